The number of hydrogen-bond acceptors (Lipinski definition) is 3. The summed E-state index contributed by atoms with van der Waals surface area (Å²) in [6, 6.07) is 14.5. The predicted octanol–water partition coefficient (Wildman–Crippen LogP) is 4.29. The number of carbonyl (C=O) groups is 2. The van der Waals surface area contributed by atoms with Gasteiger partial charge >= 0.3 is 5.97 Å². The van der Waals surface area contributed by atoms with E-state index in [2.05, 4.69) is 5.32 Å². The predicted molar refractivity (Wildman–Crippen MR) is 99.1 cm³/mol. The standard InChI is InChI=1S/C19H19Cl2NO3/c1-13(7-8-14-5-3-2-4-6-14)22-18(23)12-25-19(24)16-10-9-15(20)11-17(16)21/h2-6,9-11,13H,7-8,12H2,1H3,(H,22,23)/t13-/m0/s1. The average Bonchev–Trinajstić information content (AvgIpc) is 2.59. The number of esters is 1. The minimum Gasteiger partial charge on any atom is -0.452 e. The summed E-state index contributed by atoms with van der Waals surface area (Å²) in [5.41, 5.74) is 1.39. The molecule has 0 aliphatic carbocycles. The number of halogens is 2. The molecule has 132 valence electrons. The summed E-state index contributed by atoms with van der Waals surface area (Å²) in [4.78, 5) is 23.8. The first-order chi connectivity index (χ1) is 12.0. The van der Waals surface area contributed by atoms with E-state index in [9.17, 15) is 9.59 Å². The van der Waals surface area contributed by atoms with Crippen LogP contribution in [0.1, 0.15) is 29.3 Å². The number of ether oxygens (including phenoxy) is 1. The van der Waals surface area contributed by atoms with Crippen LogP contribution in [-0.2, 0) is 16.0 Å². The molecule has 1 atom stereocenters. The Morgan fingerprint density at radius 1 is 1.12 bits per heavy atom. The molecule has 1 amide bonds. The van der Waals surface area contributed by atoms with Gasteiger partial charge in [0, 0.05) is 11.1 Å². The van der Waals surface area contributed by atoms with Crippen molar-refractivity contribution in [1.82, 2.24) is 5.32 Å². The Morgan fingerprint density at radius 3 is 2.52 bits per heavy atom. The summed E-state index contributed by atoms with van der Waals surface area (Å²) in [5.74, 6) is -1.01. The molecule has 0 aliphatic heterocycles. The Labute approximate surface area is 157 Å². The molecule has 6 heteroatoms. The van der Waals surface area contributed by atoms with Gasteiger partial charge in [0.1, 0.15) is 0 Å². The molecule has 0 saturated carbocycles. The average molecular weight is 380 g/mol. The van der Waals surface area contributed by atoms with Gasteiger partial charge in [-0.1, -0.05) is 53.5 Å². The van der Waals surface area contributed by atoms with Gasteiger partial charge in [-0.15, -0.1) is 0 Å². The summed E-state index contributed by atoms with van der Waals surface area (Å²) in [6.07, 6.45) is 1.66. The topological polar surface area (TPSA) is 55.4 Å². The molecule has 0 spiro atoms. The van der Waals surface area contributed by atoms with Gasteiger partial charge in [0.15, 0.2) is 6.61 Å². The van der Waals surface area contributed by atoms with Gasteiger partial charge in [0.25, 0.3) is 5.91 Å². The first-order valence-electron chi connectivity index (χ1n) is 7.91. The Morgan fingerprint density at radius 2 is 1.84 bits per heavy atom. The molecule has 4 nitrogen and oxygen atoms in total. The monoisotopic (exact) mass is 379 g/mol. The van der Waals surface area contributed by atoms with Crippen molar-refractivity contribution < 1.29 is 14.3 Å². The van der Waals surface area contributed by atoms with E-state index in [-0.39, 0.29) is 29.1 Å². The van der Waals surface area contributed by atoms with Crippen molar-refractivity contribution in [2.24, 2.45) is 0 Å². The second kappa shape index (κ2) is 9.44. The summed E-state index contributed by atoms with van der Waals surface area (Å²) in [5, 5.41) is 3.42. The van der Waals surface area contributed by atoms with Crippen LogP contribution in [0.4, 0.5) is 0 Å². The van der Waals surface area contributed by atoms with E-state index in [0.29, 0.717) is 5.02 Å². The lowest BCUT2D eigenvalue weighted by molar-refractivity contribution is -0.124. The van der Waals surface area contributed by atoms with Crippen LogP contribution in [0.15, 0.2) is 48.5 Å². The maximum absolute atomic E-state index is 11.9. The zero-order valence-corrected chi connectivity index (χ0v) is 15.3. The highest BCUT2D eigenvalue weighted by Gasteiger charge is 2.15. The van der Waals surface area contributed by atoms with E-state index in [1.807, 2.05) is 37.3 Å². The van der Waals surface area contributed by atoms with E-state index < -0.39 is 5.97 Å². The third-order valence-electron chi connectivity index (χ3n) is 3.60. The maximum atomic E-state index is 11.9. The van der Waals surface area contributed by atoms with Crippen molar-refractivity contribution in [2.75, 3.05) is 6.61 Å². The molecule has 2 rings (SSSR count). The number of carbonyl (C=O) groups excluding carboxylic acids is 2. The first-order valence-corrected chi connectivity index (χ1v) is 8.67. The fourth-order valence-electron chi connectivity index (χ4n) is 2.28. The van der Waals surface area contributed by atoms with Gasteiger partial charge < -0.3 is 10.1 Å². The molecule has 25 heavy (non-hydrogen) atoms. The number of aryl methyl sites for hydroxylation is 1. The minimum absolute atomic E-state index is 0.0227. The van der Waals surface area contributed by atoms with E-state index in [0.717, 1.165) is 12.8 Å². The van der Waals surface area contributed by atoms with Gasteiger partial charge in [-0.2, -0.15) is 0 Å². The molecule has 0 aromatic heterocycles. The summed E-state index contributed by atoms with van der Waals surface area (Å²) in [6.45, 7) is 1.56. The highest BCUT2D eigenvalue weighted by Crippen LogP contribution is 2.21. The van der Waals surface area contributed by atoms with E-state index >= 15 is 0 Å². The van der Waals surface area contributed by atoms with Crippen LogP contribution in [-0.4, -0.2) is 24.5 Å². The van der Waals surface area contributed by atoms with Crippen molar-refractivity contribution in [3.8, 4) is 0 Å². The molecule has 2 aromatic carbocycles. The number of hydrogen-bond donors (Lipinski definition) is 1. The highest BCUT2D eigenvalue weighted by atomic mass is 35.5. The molecule has 0 bridgehead atoms. The normalized spacial score (nSPS) is 11.6. The zero-order valence-electron chi connectivity index (χ0n) is 13.8. The van der Waals surface area contributed by atoms with Crippen LogP contribution in [0, 0.1) is 0 Å². The second-order valence-electron chi connectivity index (χ2n) is 5.69. The van der Waals surface area contributed by atoms with Crippen LogP contribution in [0.2, 0.25) is 10.0 Å². The molecule has 0 aliphatic rings. The summed E-state index contributed by atoms with van der Waals surface area (Å²) < 4.78 is 5.00. The van der Waals surface area contributed by atoms with Crippen molar-refractivity contribution in [3.05, 3.63) is 69.7 Å². The number of rotatable bonds is 7. The van der Waals surface area contributed by atoms with E-state index in [4.69, 9.17) is 27.9 Å². The van der Waals surface area contributed by atoms with Crippen LogP contribution in [0.5, 0.6) is 0 Å². The highest BCUT2D eigenvalue weighted by molar-refractivity contribution is 6.36. The zero-order chi connectivity index (χ0) is 18.2. The van der Waals surface area contributed by atoms with Gasteiger partial charge in [-0.25, -0.2) is 4.79 Å². The number of amides is 1. The first kappa shape index (κ1) is 19.3. The van der Waals surface area contributed by atoms with Crippen molar-refractivity contribution in [1.29, 1.82) is 0 Å². The van der Waals surface area contributed by atoms with Crippen molar-refractivity contribution in [3.63, 3.8) is 0 Å². The summed E-state index contributed by atoms with van der Waals surface area (Å²) in [7, 11) is 0. The lowest BCUT2D eigenvalue weighted by Crippen LogP contribution is -2.36. The third-order valence-corrected chi connectivity index (χ3v) is 4.15. The Hall–Kier alpha value is -2.04. The molecular formula is C19H19Cl2NO3. The fraction of sp³-hybridized carbons (Fsp3) is 0.263. The van der Waals surface area contributed by atoms with Crippen LogP contribution in [0.25, 0.3) is 0 Å². The van der Waals surface area contributed by atoms with E-state index in [1.54, 1.807) is 0 Å². The smallest absolute Gasteiger partial charge is 0.340 e. The van der Waals surface area contributed by atoms with Crippen LogP contribution >= 0.6 is 23.2 Å². The maximum Gasteiger partial charge on any atom is 0.340 e. The molecule has 0 unspecified atom stereocenters. The second-order valence-corrected chi connectivity index (χ2v) is 6.54. The lowest BCUT2D eigenvalue weighted by atomic mass is 10.1. The Balaban J connectivity index is 1.75. The molecule has 0 heterocycles. The molecule has 0 saturated heterocycles. The molecular weight excluding hydrogens is 361 g/mol. The Kier molecular flexibility index (Phi) is 7.29. The SMILES string of the molecule is C[C@@H](CCc1ccccc1)NC(=O)COC(=O)c1ccc(Cl)cc1Cl. The number of nitrogens with one attached hydrogen (secondary N) is 1. The van der Waals surface area contributed by atoms with E-state index in [1.165, 1.54) is 23.8 Å². The summed E-state index contributed by atoms with van der Waals surface area (Å²) >= 11 is 11.7. The minimum atomic E-state index is -0.659. The third kappa shape index (κ3) is 6.40. The molecule has 0 radical (unpaired) electrons. The lowest BCUT2D eigenvalue weighted by Gasteiger charge is -2.14. The molecule has 0 fully saturated rings. The van der Waals surface area contributed by atoms with Crippen molar-refractivity contribution in [2.45, 2.75) is 25.8 Å². The van der Waals surface area contributed by atoms with Gasteiger partial charge in [-0.05, 0) is 43.5 Å². The quantitative estimate of drug-likeness (QED) is 0.730. The number of benzene rings is 2. The van der Waals surface area contributed by atoms with Crippen LogP contribution < -0.4 is 5.32 Å². The van der Waals surface area contributed by atoms with Crippen molar-refractivity contribution >= 4 is 35.1 Å². The molecule has 2 aromatic rings. The Bertz CT molecular complexity index is 735. The molecule has 1 N–H and O–H groups in total. The van der Waals surface area contributed by atoms with Gasteiger partial charge in [0.2, 0.25) is 0 Å². The van der Waals surface area contributed by atoms with Gasteiger partial charge in [-0.3, -0.25) is 4.79 Å². The van der Waals surface area contributed by atoms with Gasteiger partial charge in [0.05, 0.1) is 10.6 Å². The largest absolute Gasteiger partial charge is 0.452 e. The van der Waals surface area contributed by atoms with Crippen LogP contribution in [0.3, 0.4) is 0 Å². The fourth-order valence-corrected chi connectivity index (χ4v) is 2.77.